The molecule has 0 fully saturated rings. The van der Waals surface area contributed by atoms with E-state index >= 15 is 0 Å². The number of nitrogens with one attached hydrogen (secondary N) is 1. The zero-order valence-corrected chi connectivity index (χ0v) is 13.9. The molecule has 20 heavy (non-hydrogen) atoms. The summed E-state index contributed by atoms with van der Waals surface area (Å²) in [5, 5.41) is 4.70. The normalized spacial score (nSPS) is 11.5. The Morgan fingerprint density at radius 1 is 1.30 bits per heavy atom. The number of ether oxygens (including phenoxy) is 1. The Labute approximate surface area is 128 Å². The molecule has 0 atom stereocenters. The van der Waals surface area contributed by atoms with E-state index in [2.05, 4.69) is 29.1 Å². The molecule has 2 rings (SSSR count). The first-order valence-electron chi connectivity index (χ1n) is 6.77. The van der Waals surface area contributed by atoms with Crippen molar-refractivity contribution in [3.8, 4) is 0 Å². The molecule has 2 aromatic heterocycles. The lowest BCUT2D eigenvalue weighted by Gasteiger charge is -2.08. The van der Waals surface area contributed by atoms with Crippen molar-refractivity contribution in [1.82, 2.24) is 9.97 Å². The van der Waals surface area contributed by atoms with Crippen LogP contribution < -0.4 is 5.32 Å². The number of nitrogens with zero attached hydrogens (tertiary/aromatic N) is 2. The Bertz CT molecular complexity index is 598. The van der Waals surface area contributed by atoms with Crippen molar-refractivity contribution in [3.63, 3.8) is 0 Å². The highest BCUT2D eigenvalue weighted by Crippen LogP contribution is 2.33. The van der Waals surface area contributed by atoms with Gasteiger partial charge in [-0.15, -0.1) is 11.3 Å². The van der Waals surface area contributed by atoms with Gasteiger partial charge in [-0.3, -0.25) is 0 Å². The van der Waals surface area contributed by atoms with E-state index in [0.29, 0.717) is 11.1 Å². The van der Waals surface area contributed by atoms with Crippen LogP contribution in [-0.4, -0.2) is 29.2 Å². The third-order valence-electron chi connectivity index (χ3n) is 3.04. The van der Waals surface area contributed by atoms with Gasteiger partial charge in [-0.05, 0) is 39.7 Å². The Balaban J connectivity index is 2.01. The van der Waals surface area contributed by atoms with Crippen molar-refractivity contribution < 1.29 is 4.74 Å². The molecule has 0 aliphatic rings. The largest absolute Gasteiger partial charge is 0.379 e. The molecule has 110 valence electrons. The molecule has 4 nitrogen and oxygen atoms in total. The minimum absolute atomic E-state index is 0.272. The SMILES string of the molecule is Cc1sc2nc(NCCCOC(C)C)nc(Cl)c2c1C. The fourth-order valence-corrected chi connectivity index (χ4v) is 3.27. The highest BCUT2D eigenvalue weighted by atomic mass is 35.5. The average Bonchev–Trinajstić information content (AvgIpc) is 2.64. The lowest BCUT2D eigenvalue weighted by atomic mass is 10.2. The van der Waals surface area contributed by atoms with Crippen LogP contribution in [-0.2, 0) is 4.74 Å². The Morgan fingerprint density at radius 3 is 2.75 bits per heavy atom. The summed E-state index contributed by atoms with van der Waals surface area (Å²) < 4.78 is 5.49. The average molecular weight is 314 g/mol. The van der Waals surface area contributed by atoms with Crippen molar-refractivity contribution in [3.05, 3.63) is 15.6 Å². The number of rotatable bonds is 6. The van der Waals surface area contributed by atoms with E-state index in [9.17, 15) is 0 Å². The summed E-state index contributed by atoms with van der Waals surface area (Å²) in [5.41, 5.74) is 1.17. The van der Waals surface area contributed by atoms with E-state index < -0.39 is 0 Å². The first kappa shape index (κ1) is 15.5. The number of aryl methyl sites for hydroxylation is 2. The summed E-state index contributed by atoms with van der Waals surface area (Å²) in [7, 11) is 0. The first-order valence-corrected chi connectivity index (χ1v) is 7.97. The summed E-state index contributed by atoms with van der Waals surface area (Å²) in [5.74, 6) is 0.591. The molecule has 2 heterocycles. The predicted octanol–water partition coefficient (Wildman–Crippen LogP) is 4.19. The zero-order valence-electron chi connectivity index (χ0n) is 12.3. The Hall–Kier alpha value is -0.910. The lowest BCUT2D eigenvalue weighted by molar-refractivity contribution is 0.0787. The maximum Gasteiger partial charge on any atom is 0.225 e. The van der Waals surface area contributed by atoms with Gasteiger partial charge in [0.15, 0.2) is 0 Å². The number of anilines is 1. The quantitative estimate of drug-likeness (QED) is 0.641. The van der Waals surface area contributed by atoms with Crippen molar-refractivity contribution >= 4 is 39.1 Å². The van der Waals surface area contributed by atoms with Crippen molar-refractivity contribution in [2.45, 2.75) is 40.2 Å². The van der Waals surface area contributed by atoms with Crippen LogP contribution in [0.3, 0.4) is 0 Å². The third-order valence-corrected chi connectivity index (χ3v) is 4.41. The summed E-state index contributed by atoms with van der Waals surface area (Å²) in [6.45, 7) is 9.71. The lowest BCUT2D eigenvalue weighted by Crippen LogP contribution is -2.10. The molecule has 0 aliphatic heterocycles. The second-order valence-electron chi connectivity index (χ2n) is 5.00. The number of hydrogen-bond donors (Lipinski definition) is 1. The topological polar surface area (TPSA) is 47.0 Å². The van der Waals surface area contributed by atoms with E-state index in [4.69, 9.17) is 16.3 Å². The van der Waals surface area contributed by atoms with Gasteiger partial charge >= 0.3 is 0 Å². The molecule has 0 aromatic carbocycles. The number of halogens is 1. The van der Waals surface area contributed by atoms with Crippen molar-refractivity contribution in [1.29, 1.82) is 0 Å². The highest BCUT2D eigenvalue weighted by molar-refractivity contribution is 7.18. The Kier molecular flexibility index (Phi) is 5.18. The fraction of sp³-hybridized carbons (Fsp3) is 0.571. The monoisotopic (exact) mass is 313 g/mol. The maximum atomic E-state index is 6.25. The summed E-state index contributed by atoms with van der Waals surface area (Å²) in [6.07, 6.45) is 1.19. The first-order chi connectivity index (χ1) is 9.49. The van der Waals surface area contributed by atoms with Crippen LogP contribution in [0.1, 0.15) is 30.7 Å². The summed E-state index contributed by atoms with van der Waals surface area (Å²) >= 11 is 7.91. The van der Waals surface area contributed by atoms with Gasteiger partial charge in [0.2, 0.25) is 5.95 Å². The standard InChI is InChI=1S/C14H20ClN3OS/c1-8(2)19-7-5-6-16-14-17-12(15)11-9(3)10(4)20-13(11)18-14/h8H,5-7H2,1-4H3,(H,16,17,18). The molecule has 6 heteroatoms. The summed E-state index contributed by atoms with van der Waals surface area (Å²) in [6, 6.07) is 0. The van der Waals surface area contributed by atoms with Crippen LogP contribution in [0, 0.1) is 13.8 Å². The molecule has 0 unspecified atom stereocenters. The van der Waals surface area contributed by atoms with Crippen LogP contribution >= 0.6 is 22.9 Å². The minimum Gasteiger partial charge on any atom is -0.379 e. The smallest absolute Gasteiger partial charge is 0.225 e. The molecule has 0 saturated carbocycles. The number of fused-ring (bicyclic) bond motifs is 1. The van der Waals surface area contributed by atoms with Crippen LogP contribution in [0.5, 0.6) is 0 Å². The predicted molar refractivity (Wildman–Crippen MR) is 86.1 cm³/mol. The van der Waals surface area contributed by atoms with E-state index in [1.807, 2.05) is 13.8 Å². The number of hydrogen-bond acceptors (Lipinski definition) is 5. The molecule has 0 bridgehead atoms. The maximum absolute atomic E-state index is 6.25. The second-order valence-corrected chi connectivity index (χ2v) is 6.56. The van der Waals surface area contributed by atoms with E-state index in [1.54, 1.807) is 11.3 Å². The highest BCUT2D eigenvalue weighted by Gasteiger charge is 2.12. The van der Waals surface area contributed by atoms with E-state index in [1.165, 1.54) is 10.4 Å². The van der Waals surface area contributed by atoms with Gasteiger partial charge in [-0.1, -0.05) is 11.6 Å². The van der Waals surface area contributed by atoms with Gasteiger partial charge < -0.3 is 10.1 Å². The van der Waals surface area contributed by atoms with Gasteiger partial charge in [0.25, 0.3) is 0 Å². The van der Waals surface area contributed by atoms with Crippen LogP contribution in [0.4, 0.5) is 5.95 Å². The third kappa shape index (κ3) is 3.59. The minimum atomic E-state index is 0.272. The molecule has 0 spiro atoms. The summed E-state index contributed by atoms with van der Waals surface area (Å²) in [4.78, 5) is 11.0. The van der Waals surface area contributed by atoms with Crippen LogP contribution in [0.25, 0.3) is 10.2 Å². The molecule has 0 amide bonds. The zero-order chi connectivity index (χ0) is 14.7. The van der Waals surface area contributed by atoms with E-state index in [-0.39, 0.29) is 6.10 Å². The molecular weight excluding hydrogens is 294 g/mol. The fourth-order valence-electron chi connectivity index (χ4n) is 1.87. The van der Waals surface area contributed by atoms with Gasteiger partial charge in [0.05, 0.1) is 11.5 Å². The van der Waals surface area contributed by atoms with Gasteiger partial charge in [-0.25, -0.2) is 9.97 Å². The molecule has 1 N–H and O–H groups in total. The van der Waals surface area contributed by atoms with Gasteiger partial charge in [-0.2, -0.15) is 0 Å². The molecular formula is C14H20ClN3OS. The molecule has 0 saturated heterocycles. The van der Waals surface area contributed by atoms with Crippen LogP contribution in [0.15, 0.2) is 0 Å². The van der Waals surface area contributed by atoms with Crippen molar-refractivity contribution in [2.24, 2.45) is 0 Å². The van der Waals surface area contributed by atoms with E-state index in [0.717, 1.165) is 29.8 Å². The molecule has 0 aliphatic carbocycles. The number of thiophene rings is 1. The Morgan fingerprint density at radius 2 is 2.05 bits per heavy atom. The number of aromatic nitrogens is 2. The van der Waals surface area contributed by atoms with Gasteiger partial charge in [0.1, 0.15) is 9.98 Å². The second kappa shape index (κ2) is 6.70. The van der Waals surface area contributed by atoms with Gasteiger partial charge in [0, 0.05) is 18.0 Å². The molecule has 0 radical (unpaired) electrons. The molecule has 2 aromatic rings. The van der Waals surface area contributed by atoms with Crippen LogP contribution in [0.2, 0.25) is 5.15 Å². The van der Waals surface area contributed by atoms with Crippen molar-refractivity contribution in [2.75, 3.05) is 18.5 Å².